The first-order valence-corrected chi connectivity index (χ1v) is 9.90. The molecule has 0 bridgehead atoms. The van der Waals surface area contributed by atoms with Crippen molar-refractivity contribution in [3.8, 4) is 0 Å². The Morgan fingerprint density at radius 1 is 1.24 bits per heavy atom. The molecule has 1 saturated heterocycles. The summed E-state index contributed by atoms with van der Waals surface area (Å²) in [6.45, 7) is 8.97. The van der Waals surface area contributed by atoms with Crippen LogP contribution in [-0.4, -0.2) is 47.7 Å². The van der Waals surface area contributed by atoms with Gasteiger partial charge in [0, 0.05) is 36.9 Å². The van der Waals surface area contributed by atoms with E-state index < -0.39 is 0 Å². The quantitative estimate of drug-likeness (QED) is 0.809. The van der Waals surface area contributed by atoms with Gasteiger partial charge in [0.2, 0.25) is 0 Å². The van der Waals surface area contributed by atoms with Crippen LogP contribution in [0.5, 0.6) is 0 Å². The van der Waals surface area contributed by atoms with Crippen molar-refractivity contribution in [2.75, 3.05) is 24.5 Å². The lowest BCUT2D eigenvalue weighted by atomic mass is 10.0. The Morgan fingerprint density at radius 3 is 2.56 bits per heavy atom. The molecule has 1 N–H and O–H groups in total. The lowest BCUT2D eigenvalue weighted by Gasteiger charge is -2.31. The third kappa shape index (κ3) is 5.46. The molecule has 2 atom stereocenters. The molecule has 2 rings (SSSR count). The van der Waals surface area contributed by atoms with Crippen LogP contribution in [0.25, 0.3) is 0 Å². The molecular weight excluding hydrogens is 312 g/mol. The number of anilines is 1. The van der Waals surface area contributed by atoms with Gasteiger partial charge in [-0.2, -0.15) is 0 Å². The molecule has 140 valence electrons. The minimum Gasteiger partial charge on any atom is -0.393 e. The Hall–Kier alpha value is -1.55. The predicted molar refractivity (Wildman–Crippen MR) is 104 cm³/mol. The SMILES string of the molecule is CCCN(CC)c1ccc(C(=O)N2CCCCC[C@@H]2C[C@@H](C)O)cc1. The van der Waals surface area contributed by atoms with E-state index in [9.17, 15) is 9.90 Å². The molecule has 1 heterocycles. The number of hydrogen-bond acceptors (Lipinski definition) is 3. The van der Waals surface area contributed by atoms with E-state index in [1.165, 1.54) is 12.1 Å². The molecule has 25 heavy (non-hydrogen) atoms. The second-order valence-electron chi connectivity index (χ2n) is 7.21. The highest BCUT2D eigenvalue weighted by Crippen LogP contribution is 2.24. The maximum Gasteiger partial charge on any atom is 0.254 e. The van der Waals surface area contributed by atoms with Crippen LogP contribution < -0.4 is 4.90 Å². The van der Waals surface area contributed by atoms with Crippen molar-refractivity contribution in [1.29, 1.82) is 0 Å². The average Bonchev–Trinajstić information content (AvgIpc) is 2.84. The van der Waals surface area contributed by atoms with Crippen molar-refractivity contribution in [3.63, 3.8) is 0 Å². The van der Waals surface area contributed by atoms with E-state index >= 15 is 0 Å². The smallest absolute Gasteiger partial charge is 0.254 e. The summed E-state index contributed by atoms with van der Waals surface area (Å²) in [5.41, 5.74) is 1.94. The van der Waals surface area contributed by atoms with E-state index in [1.54, 1.807) is 0 Å². The van der Waals surface area contributed by atoms with E-state index in [4.69, 9.17) is 0 Å². The molecule has 0 radical (unpaired) electrons. The van der Waals surface area contributed by atoms with Gasteiger partial charge in [0.05, 0.1) is 6.10 Å². The maximum atomic E-state index is 13.1. The monoisotopic (exact) mass is 346 g/mol. The number of carbonyl (C=O) groups is 1. The normalized spacial score (nSPS) is 19.4. The zero-order valence-corrected chi connectivity index (χ0v) is 16.1. The minimum absolute atomic E-state index is 0.109. The van der Waals surface area contributed by atoms with Crippen molar-refractivity contribution in [1.82, 2.24) is 4.90 Å². The second-order valence-corrected chi connectivity index (χ2v) is 7.21. The average molecular weight is 347 g/mol. The number of amides is 1. The van der Waals surface area contributed by atoms with Gasteiger partial charge in [-0.1, -0.05) is 19.8 Å². The number of aliphatic hydroxyl groups excluding tert-OH is 1. The molecule has 0 unspecified atom stereocenters. The molecule has 1 fully saturated rings. The lowest BCUT2D eigenvalue weighted by Crippen LogP contribution is -2.41. The summed E-state index contributed by atoms with van der Waals surface area (Å²) in [7, 11) is 0. The molecule has 1 aliphatic heterocycles. The van der Waals surface area contributed by atoms with Gasteiger partial charge >= 0.3 is 0 Å². The minimum atomic E-state index is -0.368. The Labute approximate surface area is 152 Å². The third-order valence-electron chi connectivity index (χ3n) is 5.11. The fraction of sp³-hybridized carbons (Fsp3) is 0.667. The van der Waals surface area contributed by atoms with Crippen LogP contribution in [0, 0.1) is 0 Å². The van der Waals surface area contributed by atoms with Crippen LogP contribution in [0.4, 0.5) is 5.69 Å². The topological polar surface area (TPSA) is 43.8 Å². The highest BCUT2D eigenvalue weighted by Gasteiger charge is 2.27. The van der Waals surface area contributed by atoms with Crippen LogP contribution in [0.15, 0.2) is 24.3 Å². The highest BCUT2D eigenvalue weighted by atomic mass is 16.3. The summed E-state index contributed by atoms with van der Waals surface area (Å²) in [5.74, 6) is 0.109. The molecule has 4 nitrogen and oxygen atoms in total. The molecule has 0 aliphatic carbocycles. The Balaban J connectivity index is 2.14. The first-order valence-electron chi connectivity index (χ1n) is 9.90. The van der Waals surface area contributed by atoms with Crippen molar-refractivity contribution in [2.24, 2.45) is 0 Å². The third-order valence-corrected chi connectivity index (χ3v) is 5.11. The molecular formula is C21H34N2O2. The summed E-state index contributed by atoms with van der Waals surface area (Å²) >= 11 is 0. The van der Waals surface area contributed by atoms with Crippen molar-refractivity contribution < 1.29 is 9.90 Å². The molecule has 0 saturated carbocycles. The molecule has 0 spiro atoms. The van der Waals surface area contributed by atoms with Gasteiger partial charge in [0.15, 0.2) is 0 Å². The molecule has 1 aliphatic rings. The summed E-state index contributed by atoms with van der Waals surface area (Å²) in [4.78, 5) is 17.4. The Bertz CT molecular complexity index is 527. The largest absolute Gasteiger partial charge is 0.393 e. The number of rotatable bonds is 7. The lowest BCUT2D eigenvalue weighted by molar-refractivity contribution is 0.0607. The van der Waals surface area contributed by atoms with Crippen molar-refractivity contribution in [3.05, 3.63) is 29.8 Å². The first-order chi connectivity index (χ1) is 12.1. The van der Waals surface area contributed by atoms with E-state index in [0.29, 0.717) is 6.42 Å². The van der Waals surface area contributed by atoms with Crippen molar-refractivity contribution >= 4 is 11.6 Å². The van der Waals surface area contributed by atoms with Gasteiger partial charge < -0.3 is 14.9 Å². The molecule has 1 aromatic carbocycles. The van der Waals surface area contributed by atoms with Gasteiger partial charge in [0.25, 0.3) is 5.91 Å². The van der Waals surface area contributed by atoms with Gasteiger partial charge in [-0.3, -0.25) is 4.79 Å². The summed E-state index contributed by atoms with van der Waals surface area (Å²) in [5, 5.41) is 9.80. The van der Waals surface area contributed by atoms with Gasteiger partial charge in [0.1, 0.15) is 0 Å². The van der Waals surface area contributed by atoms with Gasteiger partial charge in [-0.15, -0.1) is 0 Å². The van der Waals surface area contributed by atoms with Gasteiger partial charge in [-0.25, -0.2) is 0 Å². The van der Waals surface area contributed by atoms with E-state index in [2.05, 4.69) is 30.9 Å². The van der Waals surface area contributed by atoms with Crippen molar-refractivity contribution in [2.45, 2.75) is 71.4 Å². The van der Waals surface area contributed by atoms with Crippen LogP contribution in [0.2, 0.25) is 0 Å². The standard InChI is InChI=1S/C21H34N2O2/c1-4-14-22(5-2)19-12-10-18(11-13-19)21(25)23-15-8-6-7-9-20(23)16-17(3)24/h10-13,17,20,24H,4-9,14-16H2,1-3H3/t17-,20-/m1/s1. The van der Waals surface area contributed by atoms with E-state index in [1.807, 2.05) is 24.0 Å². The number of aliphatic hydroxyl groups is 1. The number of hydrogen-bond donors (Lipinski definition) is 1. The number of benzene rings is 1. The van der Waals surface area contributed by atoms with Crippen LogP contribution >= 0.6 is 0 Å². The van der Waals surface area contributed by atoms with Crippen LogP contribution in [0.1, 0.15) is 69.7 Å². The molecule has 1 aromatic rings. The fourth-order valence-corrected chi connectivity index (χ4v) is 3.80. The van der Waals surface area contributed by atoms with Crippen LogP contribution in [0.3, 0.4) is 0 Å². The fourth-order valence-electron chi connectivity index (χ4n) is 3.80. The first kappa shape index (κ1) is 19.8. The number of carbonyl (C=O) groups excluding carboxylic acids is 1. The molecule has 0 aromatic heterocycles. The summed E-state index contributed by atoms with van der Waals surface area (Å²) in [6, 6.07) is 8.20. The second kappa shape index (κ2) is 9.81. The van der Waals surface area contributed by atoms with Gasteiger partial charge in [-0.05, 0) is 63.8 Å². The summed E-state index contributed by atoms with van der Waals surface area (Å²) in [6.07, 6.45) is 5.78. The number of likely N-dealkylation sites (tertiary alicyclic amines) is 1. The van der Waals surface area contributed by atoms with E-state index in [-0.39, 0.29) is 18.1 Å². The molecule has 1 amide bonds. The Kier molecular flexibility index (Phi) is 7.76. The zero-order valence-electron chi connectivity index (χ0n) is 16.1. The molecule has 4 heteroatoms. The summed E-state index contributed by atoms with van der Waals surface area (Å²) < 4.78 is 0. The Morgan fingerprint density at radius 2 is 1.96 bits per heavy atom. The maximum absolute atomic E-state index is 13.1. The highest BCUT2D eigenvalue weighted by molar-refractivity contribution is 5.94. The predicted octanol–water partition coefficient (Wildman–Crippen LogP) is 4.08. The number of nitrogens with zero attached hydrogens (tertiary/aromatic N) is 2. The van der Waals surface area contributed by atoms with Crippen LogP contribution in [-0.2, 0) is 0 Å². The zero-order chi connectivity index (χ0) is 18.2. The van der Waals surface area contributed by atoms with E-state index in [0.717, 1.165) is 50.9 Å².